The molecular formula is C15H22N6. The largest absolute Gasteiger partial charge is 0.366 e. The van der Waals surface area contributed by atoms with Crippen LogP contribution in [0.5, 0.6) is 0 Å². The number of nitrogen functional groups attached to an aromatic ring is 1. The lowest BCUT2D eigenvalue weighted by atomic mass is 10.1. The molecule has 3 rings (SSSR count). The zero-order chi connectivity index (χ0) is 14.5. The highest BCUT2D eigenvalue weighted by Crippen LogP contribution is 2.12. The van der Waals surface area contributed by atoms with Crippen LogP contribution in [-0.4, -0.2) is 52.8 Å². The minimum absolute atomic E-state index is 0.315. The molecule has 2 heterocycles. The fourth-order valence-electron chi connectivity index (χ4n) is 2.74. The molecule has 1 aliphatic rings. The van der Waals surface area contributed by atoms with Gasteiger partial charge in [-0.15, -0.1) is 5.10 Å². The van der Waals surface area contributed by atoms with Gasteiger partial charge in [-0.25, -0.2) is 5.10 Å². The van der Waals surface area contributed by atoms with Crippen molar-refractivity contribution in [3.63, 3.8) is 0 Å². The molecule has 0 amide bonds. The van der Waals surface area contributed by atoms with Gasteiger partial charge in [0.25, 0.3) is 0 Å². The van der Waals surface area contributed by atoms with Crippen LogP contribution in [0.4, 0.5) is 11.9 Å². The molecule has 1 saturated heterocycles. The Morgan fingerprint density at radius 3 is 2.52 bits per heavy atom. The van der Waals surface area contributed by atoms with Gasteiger partial charge < -0.3 is 10.6 Å². The Hall–Kier alpha value is -2.08. The third kappa shape index (κ3) is 3.72. The Kier molecular flexibility index (Phi) is 4.35. The first-order valence-corrected chi connectivity index (χ1v) is 7.50. The quantitative estimate of drug-likeness (QED) is 0.862. The van der Waals surface area contributed by atoms with Gasteiger partial charge in [0.2, 0.25) is 11.9 Å². The normalized spacial score (nSPS) is 16.3. The summed E-state index contributed by atoms with van der Waals surface area (Å²) >= 11 is 0. The molecular weight excluding hydrogens is 264 g/mol. The van der Waals surface area contributed by atoms with Gasteiger partial charge in [-0.05, 0) is 24.9 Å². The second-order valence-corrected chi connectivity index (χ2v) is 5.44. The maximum atomic E-state index is 5.54. The monoisotopic (exact) mass is 286 g/mol. The van der Waals surface area contributed by atoms with Crippen LogP contribution < -0.4 is 10.6 Å². The molecule has 3 N–H and O–H groups in total. The van der Waals surface area contributed by atoms with Crippen LogP contribution in [0.2, 0.25) is 0 Å². The summed E-state index contributed by atoms with van der Waals surface area (Å²) < 4.78 is 0. The summed E-state index contributed by atoms with van der Waals surface area (Å²) in [6.07, 6.45) is 2.36. The predicted octanol–water partition coefficient (Wildman–Crippen LogP) is 1.14. The molecule has 0 bridgehead atoms. The number of aromatic nitrogens is 3. The van der Waals surface area contributed by atoms with Crippen LogP contribution in [0.1, 0.15) is 12.0 Å². The first-order chi connectivity index (χ1) is 10.3. The molecule has 21 heavy (non-hydrogen) atoms. The number of hydrogen-bond donors (Lipinski definition) is 2. The van der Waals surface area contributed by atoms with E-state index in [-0.39, 0.29) is 0 Å². The van der Waals surface area contributed by atoms with Gasteiger partial charge in [0.05, 0.1) is 0 Å². The molecule has 6 nitrogen and oxygen atoms in total. The number of H-pyrrole nitrogens is 1. The third-order valence-electron chi connectivity index (χ3n) is 3.95. The van der Waals surface area contributed by atoms with Crippen LogP contribution in [0.15, 0.2) is 30.3 Å². The molecule has 6 heteroatoms. The van der Waals surface area contributed by atoms with Crippen LogP contribution in [0.3, 0.4) is 0 Å². The summed E-state index contributed by atoms with van der Waals surface area (Å²) in [5.41, 5.74) is 6.97. The maximum Gasteiger partial charge on any atom is 0.241 e. The molecule has 1 aromatic carbocycles. The van der Waals surface area contributed by atoms with E-state index < -0.39 is 0 Å². The summed E-state index contributed by atoms with van der Waals surface area (Å²) in [5, 5.41) is 6.76. The number of anilines is 2. The van der Waals surface area contributed by atoms with Gasteiger partial charge in [-0.2, -0.15) is 4.98 Å². The van der Waals surface area contributed by atoms with Crippen molar-refractivity contribution in [2.24, 2.45) is 0 Å². The van der Waals surface area contributed by atoms with Crippen molar-refractivity contribution in [2.45, 2.75) is 12.8 Å². The fraction of sp³-hybridized carbons (Fsp3) is 0.467. The minimum atomic E-state index is 0.315. The van der Waals surface area contributed by atoms with Crippen LogP contribution in [-0.2, 0) is 6.42 Å². The molecule has 1 aliphatic heterocycles. The Morgan fingerprint density at radius 2 is 1.86 bits per heavy atom. The SMILES string of the molecule is Nc1n[nH]c(N2CCN(CCCc3ccccc3)CC2)n1. The number of rotatable bonds is 5. The lowest BCUT2D eigenvalue weighted by Gasteiger charge is -2.34. The number of nitrogens with two attached hydrogens (primary N) is 1. The fourth-order valence-corrected chi connectivity index (χ4v) is 2.74. The van der Waals surface area contributed by atoms with Crippen LogP contribution in [0, 0.1) is 0 Å². The third-order valence-corrected chi connectivity index (χ3v) is 3.95. The van der Waals surface area contributed by atoms with Crippen LogP contribution in [0.25, 0.3) is 0 Å². The van der Waals surface area contributed by atoms with E-state index in [9.17, 15) is 0 Å². The van der Waals surface area contributed by atoms with E-state index >= 15 is 0 Å². The topological polar surface area (TPSA) is 74.1 Å². The summed E-state index contributed by atoms with van der Waals surface area (Å²) in [4.78, 5) is 8.90. The van der Waals surface area contributed by atoms with E-state index in [0.29, 0.717) is 5.95 Å². The van der Waals surface area contributed by atoms with Crippen molar-refractivity contribution in [1.82, 2.24) is 20.1 Å². The first kappa shape index (κ1) is 13.9. The Morgan fingerprint density at radius 1 is 1.10 bits per heavy atom. The van der Waals surface area contributed by atoms with E-state index in [1.54, 1.807) is 0 Å². The molecule has 0 saturated carbocycles. The summed E-state index contributed by atoms with van der Waals surface area (Å²) in [6, 6.07) is 10.7. The number of nitrogens with zero attached hydrogens (tertiary/aromatic N) is 4. The van der Waals surface area contributed by atoms with E-state index in [0.717, 1.165) is 45.1 Å². The van der Waals surface area contributed by atoms with Crippen molar-refractivity contribution in [1.29, 1.82) is 0 Å². The van der Waals surface area contributed by atoms with Crippen molar-refractivity contribution in [2.75, 3.05) is 43.4 Å². The van der Waals surface area contributed by atoms with Gasteiger partial charge in [0.15, 0.2) is 0 Å². The van der Waals surface area contributed by atoms with Crippen molar-refractivity contribution >= 4 is 11.9 Å². The van der Waals surface area contributed by atoms with Gasteiger partial charge in [0, 0.05) is 26.2 Å². The summed E-state index contributed by atoms with van der Waals surface area (Å²) in [6.45, 7) is 5.23. The number of aryl methyl sites for hydroxylation is 1. The van der Waals surface area contributed by atoms with E-state index in [1.807, 2.05) is 0 Å². The van der Waals surface area contributed by atoms with Crippen LogP contribution >= 0.6 is 0 Å². The van der Waals surface area contributed by atoms with Gasteiger partial charge in [-0.3, -0.25) is 4.90 Å². The zero-order valence-corrected chi connectivity index (χ0v) is 12.2. The van der Waals surface area contributed by atoms with E-state index in [4.69, 9.17) is 5.73 Å². The molecule has 0 unspecified atom stereocenters. The van der Waals surface area contributed by atoms with Gasteiger partial charge in [-0.1, -0.05) is 30.3 Å². The summed E-state index contributed by atoms with van der Waals surface area (Å²) in [5.74, 6) is 1.10. The molecule has 0 atom stereocenters. The minimum Gasteiger partial charge on any atom is -0.366 e. The molecule has 1 aromatic heterocycles. The first-order valence-electron chi connectivity index (χ1n) is 7.50. The number of hydrogen-bond acceptors (Lipinski definition) is 5. The number of benzene rings is 1. The maximum absolute atomic E-state index is 5.54. The highest BCUT2D eigenvalue weighted by atomic mass is 15.4. The van der Waals surface area contributed by atoms with Gasteiger partial charge in [0.1, 0.15) is 0 Å². The van der Waals surface area contributed by atoms with Crippen molar-refractivity contribution < 1.29 is 0 Å². The Bertz CT molecular complexity index is 544. The van der Waals surface area contributed by atoms with Gasteiger partial charge >= 0.3 is 0 Å². The Labute approximate surface area is 125 Å². The summed E-state index contributed by atoms with van der Waals surface area (Å²) in [7, 11) is 0. The second-order valence-electron chi connectivity index (χ2n) is 5.44. The highest BCUT2D eigenvalue weighted by molar-refractivity contribution is 5.34. The highest BCUT2D eigenvalue weighted by Gasteiger charge is 2.18. The van der Waals surface area contributed by atoms with Crippen molar-refractivity contribution in [3.8, 4) is 0 Å². The number of aromatic amines is 1. The lowest BCUT2D eigenvalue weighted by molar-refractivity contribution is 0.254. The zero-order valence-electron chi connectivity index (χ0n) is 12.2. The lowest BCUT2D eigenvalue weighted by Crippen LogP contribution is -2.47. The average molecular weight is 286 g/mol. The average Bonchev–Trinajstić information content (AvgIpc) is 2.96. The van der Waals surface area contributed by atoms with E-state index in [2.05, 4.69) is 55.3 Å². The smallest absolute Gasteiger partial charge is 0.241 e. The van der Waals surface area contributed by atoms with E-state index in [1.165, 1.54) is 12.0 Å². The predicted molar refractivity (Wildman–Crippen MR) is 84.2 cm³/mol. The number of nitrogens with one attached hydrogen (secondary N) is 1. The second kappa shape index (κ2) is 6.58. The molecule has 1 fully saturated rings. The molecule has 2 aromatic rings. The molecule has 0 radical (unpaired) electrons. The number of piperazine rings is 1. The molecule has 0 aliphatic carbocycles. The standard InChI is InChI=1S/C15H22N6/c16-14-17-15(19-18-14)21-11-9-20(10-12-21)8-4-7-13-5-2-1-3-6-13/h1-3,5-6H,4,7-12H2,(H3,16,17,18,19). The Balaban J connectivity index is 1.40. The van der Waals surface area contributed by atoms with Crippen molar-refractivity contribution in [3.05, 3.63) is 35.9 Å². The molecule has 112 valence electrons. The molecule has 0 spiro atoms.